The van der Waals surface area contributed by atoms with Crippen LogP contribution in [0.15, 0.2) is 60.8 Å². The molecule has 0 aliphatic carbocycles. The van der Waals surface area contributed by atoms with Gasteiger partial charge in [0.15, 0.2) is 0 Å². The maximum atomic E-state index is 8.87. The number of nitriles is 1. The third-order valence-corrected chi connectivity index (χ3v) is 3.60. The minimum absolute atomic E-state index is 0.528. The van der Waals surface area contributed by atoms with Gasteiger partial charge in [0.1, 0.15) is 5.82 Å². The maximum Gasteiger partial charge on any atom is 0.133 e. The predicted molar refractivity (Wildman–Crippen MR) is 89.3 cm³/mol. The molecule has 112 valence electrons. The Labute approximate surface area is 135 Å². The van der Waals surface area contributed by atoms with Crippen LogP contribution in [0.3, 0.4) is 0 Å². The molecule has 0 spiro atoms. The van der Waals surface area contributed by atoms with E-state index in [-0.39, 0.29) is 0 Å². The van der Waals surface area contributed by atoms with Crippen LogP contribution in [0.1, 0.15) is 22.5 Å². The molecule has 4 nitrogen and oxygen atoms in total. The number of hydrogen-bond donors (Lipinski definition) is 1. The Morgan fingerprint density at radius 2 is 1.78 bits per heavy atom. The maximum absolute atomic E-state index is 8.87. The minimum Gasteiger partial charge on any atom is -0.326 e. The number of rotatable bonds is 4. The first-order chi connectivity index (χ1) is 11.3. The molecule has 3 rings (SSSR count). The summed E-state index contributed by atoms with van der Waals surface area (Å²) in [7, 11) is 0. The summed E-state index contributed by atoms with van der Waals surface area (Å²) in [5.74, 6) is 0.765. The fourth-order valence-corrected chi connectivity index (χ4v) is 2.41. The number of benzene rings is 2. The Balaban J connectivity index is 1.85. The molecule has 0 radical (unpaired) electrons. The summed E-state index contributed by atoms with van der Waals surface area (Å²) in [6.45, 7) is 0.528. The average Bonchev–Trinajstić information content (AvgIpc) is 2.62. The standard InChI is InChI=1S/C19H16N4/c20-12-14-4-6-17(7-5-14)18-8-9-22-19(23-18)11-15-2-1-3-16(10-15)13-21/h1-10H,11,13,21H2. The van der Waals surface area contributed by atoms with Crippen LogP contribution in [0.25, 0.3) is 11.3 Å². The molecule has 4 heteroatoms. The molecule has 0 aliphatic heterocycles. The largest absolute Gasteiger partial charge is 0.326 e. The van der Waals surface area contributed by atoms with Gasteiger partial charge in [-0.2, -0.15) is 5.26 Å². The molecule has 23 heavy (non-hydrogen) atoms. The van der Waals surface area contributed by atoms with Gasteiger partial charge in [-0.25, -0.2) is 9.97 Å². The average molecular weight is 300 g/mol. The van der Waals surface area contributed by atoms with Crippen LogP contribution in [0.4, 0.5) is 0 Å². The van der Waals surface area contributed by atoms with E-state index in [1.54, 1.807) is 18.3 Å². The molecule has 1 heterocycles. The second-order valence-corrected chi connectivity index (χ2v) is 5.25. The molecule has 3 aromatic rings. The van der Waals surface area contributed by atoms with Crippen molar-refractivity contribution in [1.29, 1.82) is 5.26 Å². The van der Waals surface area contributed by atoms with Crippen molar-refractivity contribution in [1.82, 2.24) is 9.97 Å². The smallest absolute Gasteiger partial charge is 0.133 e. The van der Waals surface area contributed by atoms with E-state index >= 15 is 0 Å². The first-order valence-corrected chi connectivity index (χ1v) is 7.39. The lowest BCUT2D eigenvalue weighted by molar-refractivity contribution is 0.965. The molecule has 0 unspecified atom stereocenters. The monoisotopic (exact) mass is 300 g/mol. The van der Waals surface area contributed by atoms with Crippen LogP contribution < -0.4 is 5.73 Å². The van der Waals surface area contributed by atoms with Crippen molar-refractivity contribution in [3.8, 4) is 17.3 Å². The van der Waals surface area contributed by atoms with Crippen molar-refractivity contribution in [2.24, 2.45) is 5.73 Å². The molecular weight excluding hydrogens is 284 g/mol. The Morgan fingerprint density at radius 3 is 2.52 bits per heavy atom. The van der Waals surface area contributed by atoms with Crippen molar-refractivity contribution in [3.63, 3.8) is 0 Å². The molecule has 0 aliphatic rings. The zero-order chi connectivity index (χ0) is 16.1. The van der Waals surface area contributed by atoms with Gasteiger partial charge >= 0.3 is 0 Å². The predicted octanol–water partition coefficient (Wildman–Crippen LogP) is 3.06. The minimum atomic E-state index is 0.528. The Morgan fingerprint density at radius 1 is 1.00 bits per heavy atom. The zero-order valence-electron chi connectivity index (χ0n) is 12.6. The summed E-state index contributed by atoms with van der Waals surface area (Å²) < 4.78 is 0. The van der Waals surface area contributed by atoms with E-state index in [2.05, 4.69) is 28.2 Å². The van der Waals surface area contributed by atoms with E-state index < -0.39 is 0 Å². The normalized spacial score (nSPS) is 10.3. The highest BCUT2D eigenvalue weighted by molar-refractivity contribution is 5.59. The molecule has 0 atom stereocenters. The Hall–Kier alpha value is -3.03. The first kappa shape index (κ1) is 14.9. The van der Waals surface area contributed by atoms with Crippen molar-refractivity contribution in [3.05, 3.63) is 83.3 Å². The topological polar surface area (TPSA) is 75.6 Å². The molecule has 0 saturated carbocycles. The molecule has 2 aromatic carbocycles. The second kappa shape index (κ2) is 6.82. The number of nitrogens with two attached hydrogens (primary N) is 1. The summed E-state index contributed by atoms with van der Waals surface area (Å²) in [6.07, 6.45) is 2.43. The molecular formula is C19H16N4. The van der Waals surface area contributed by atoms with Gasteiger partial charge in [0.2, 0.25) is 0 Å². The summed E-state index contributed by atoms with van der Waals surface area (Å²) in [4.78, 5) is 8.98. The third kappa shape index (κ3) is 3.60. The molecule has 0 amide bonds. The van der Waals surface area contributed by atoms with Gasteiger partial charge in [0, 0.05) is 24.7 Å². The van der Waals surface area contributed by atoms with Crippen LogP contribution in [0, 0.1) is 11.3 Å². The molecule has 2 N–H and O–H groups in total. The zero-order valence-corrected chi connectivity index (χ0v) is 12.6. The highest BCUT2D eigenvalue weighted by Crippen LogP contribution is 2.18. The van der Waals surface area contributed by atoms with Crippen LogP contribution >= 0.6 is 0 Å². The third-order valence-electron chi connectivity index (χ3n) is 3.60. The van der Waals surface area contributed by atoms with Gasteiger partial charge in [0.25, 0.3) is 0 Å². The summed E-state index contributed by atoms with van der Waals surface area (Å²) in [6, 6.07) is 19.5. The lowest BCUT2D eigenvalue weighted by atomic mass is 10.1. The fourth-order valence-electron chi connectivity index (χ4n) is 2.41. The SMILES string of the molecule is N#Cc1ccc(-c2ccnc(Cc3cccc(CN)c3)n2)cc1. The summed E-state index contributed by atoms with van der Waals surface area (Å²) >= 11 is 0. The van der Waals surface area contributed by atoms with Gasteiger partial charge in [-0.1, -0.05) is 36.4 Å². The Kier molecular flexibility index (Phi) is 4.41. The lowest BCUT2D eigenvalue weighted by Crippen LogP contribution is -2.00. The van der Waals surface area contributed by atoms with E-state index in [9.17, 15) is 0 Å². The number of hydrogen-bond acceptors (Lipinski definition) is 4. The van der Waals surface area contributed by atoms with Crippen LogP contribution in [-0.2, 0) is 13.0 Å². The quantitative estimate of drug-likeness (QED) is 0.803. The fraction of sp³-hybridized carbons (Fsp3) is 0.105. The van der Waals surface area contributed by atoms with Gasteiger partial charge in [0.05, 0.1) is 17.3 Å². The van der Waals surface area contributed by atoms with E-state index in [1.165, 1.54) is 0 Å². The highest BCUT2D eigenvalue weighted by atomic mass is 14.9. The van der Waals surface area contributed by atoms with Crippen LogP contribution in [0.5, 0.6) is 0 Å². The Bertz CT molecular complexity index is 848. The van der Waals surface area contributed by atoms with Crippen molar-refractivity contribution < 1.29 is 0 Å². The van der Waals surface area contributed by atoms with E-state index in [4.69, 9.17) is 11.0 Å². The molecule has 0 bridgehead atoms. The van der Waals surface area contributed by atoms with E-state index in [1.807, 2.05) is 30.3 Å². The van der Waals surface area contributed by atoms with Crippen molar-refractivity contribution >= 4 is 0 Å². The number of nitrogens with zero attached hydrogens (tertiary/aromatic N) is 3. The molecule has 0 saturated heterocycles. The van der Waals surface area contributed by atoms with Crippen molar-refractivity contribution in [2.75, 3.05) is 0 Å². The van der Waals surface area contributed by atoms with Gasteiger partial charge in [-0.3, -0.25) is 0 Å². The van der Waals surface area contributed by atoms with Gasteiger partial charge in [-0.15, -0.1) is 0 Å². The highest BCUT2D eigenvalue weighted by Gasteiger charge is 2.04. The number of aromatic nitrogens is 2. The first-order valence-electron chi connectivity index (χ1n) is 7.39. The van der Waals surface area contributed by atoms with E-state index in [0.717, 1.165) is 28.2 Å². The van der Waals surface area contributed by atoms with E-state index in [0.29, 0.717) is 18.5 Å². The van der Waals surface area contributed by atoms with Crippen molar-refractivity contribution in [2.45, 2.75) is 13.0 Å². The lowest BCUT2D eigenvalue weighted by Gasteiger charge is -2.06. The summed E-state index contributed by atoms with van der Waals surface area (Å²) in [5.41, 5.74) is 10.4. The van der Waals surface area contributed by atoms with Crippen LogP contribution in [-0.4, -0.2) is 9.97 Å². The molecule has 0 fully saturated rings. The van der Waals surface area contributed by atoms with Crippen LogP contribution in [0.2, 0.25) is 0 Å². The summed E-state index contributed by atoms with van der Waals surface area (Å²) in [5, 5.41) is 8.87. The second-order valence-electron chi connectivity index (χ2n) is 5.25. The van der Waals surface area contributed by atoms with Gasteiger partial charge in [-0.05, 0) is 29.3 Å². The van der Waals surface area contributed by atoms with Gasteiger partial charge < -0.3 is 5.73 Å². The molecule has 1 aromatic heterocycles.